The van der Waals surface area contributed by atoms with Crippen LogP contribution in [0.25, 0.3) is 0 Å². The Kier molecular flexibility index (Phi) is 4.89. The van der Waals surface area contributed by atoms with Gasteiger partial charge < -0.3 is 4.74 Å². The van der Waals surface area contributed by atoms with Crippen LogP contribution in [0.15, 0.2) is 18.2 Å². The van der Waals surface area contributed by atoms with Crippen LogP contribution in [0.3, 0.4) is 0 Å². The Hall–Kier alpha value is -1.18. The van der Waals surface area contributed by atoms with E-state index in [4.69, 9.17) is 4.74 Å². The van der Waals surface area contributed by atoms with E-state index in [2.05, 4.69) is 4.90 Å². The van der Waals surface area contributed by atoms with Crippen molar-refractivity contribution in [1.29, 1.82) is 0 Å². The van der Waals surface area contributed by atoms with E-state index in [9.17, 15) is 12.8 Å². The second-order valence-electron chi connectivity index (χ2n) is 6.24. The molecule has 0 aromatic heterocycles. The topological polar surface area (TPSA) is 49.9 Å². The van der Waals surface area contributed by atoms with E-state index >= 15 is 0 Å². The SMILES string of the molecule is COc1cccc(CN2CCCC(N3CCCS3(=O)=O)C2)c1F. The summed E-state index contributed by atoms with van der Waals surface area (Å²) in [6, 6.07) is 5.16. The molecule has 5 nitrogen and oxygen atoms in total. The summed E-state index contributed by atoms with van der Waals surface area (Å²) in [5.41, 5.74) is 0.592. The molecule has 2 saturated heterocycles. The minimum atomic E-state index is -3.09. The van der Waals surface area contributed by atoms with Gasteiger partial charge in [0, 0.05) is 31.2 Å². The number of benzene rings is 1. The van der Waals surface area contributed by atoms with Gasteiger partial charge in [-0.2, -0.15) is 4.31 Å². The lowest BCUT2D eigenvalue weighted by atomic mass is 10.0. The lowest BCUT2D eigenvalue weighted by Crippen LogP contribution is -2.48. The van der Waals surface area contributed by atoms with Gasteiger partial charge in [-0.3, -0.25) is 4.90 Å². The minimum Gasteiger partial charge on any atom is -0.494 e. The van der Waals surface area contributed by atoms with E-state index < -0.39 is 10.0 Å². The average Bonchev–Trinajstić information content (AvgIpc) is 2.89. The summed E-state index contributed by atoms with van der Waals surface area (Å²) < 4.78 is 45.2. The Labute approximate surface area is 137 Å². The van der Waals surface area contributed by atoms with Crippen LogP contribution >= 0.6 is 0 Å². The molecule has 128 valence electrons. The molecule has 1 unspecified atom stereocenters. The zero-order valence-corrected chi connectivity index (χ0v) is 14.2. The summed E-state index contributed by atoms with van der Waals surface area (Å²) in [4.78, 5) is 2.14. The largest absolute Gasteiger partial charge is 0.494 e. The van der Waals surface area contributed by atoms with Crippen LogP contribution in [-0.4, -0.2) is 56.2 Å². The molecule has 1 aromatic carbocycles. The summed E-state index contributed by atoms with van der Waals surface area (Å²) in [6.45, 7) is 2.62. The van der Waals surface area contributed by atoms with Crippen molar-refractivity contribution in [1.82, 2.24) is 9.21 Å². The molecular weight excluding hydrogens is 319 g/mol. The van der Waals surface area contributed by atoms with Gasteiger partial charge >= 0.3 is 0 Å². The number of sulfonamides is 1. The monoisotopic (exact) mass is 342 g/mol. The summed E-state index contributed by atoms with van der Waals surface area (Å²) in [7, 11) is -1.63. The predicted octanol–water partition coefficient (Wildman–Crippen LogP) is 1.83. The summed E-state index contributed by atoms with van der Waals surface area (Å²) in [5.74, 6) is 0.178. The Morgan fingerprint density at radius 2 is 2.13 bits per heavy atom. The Bertz CT molecular complexity index is 665. The second-order valence-corrected chi connectivity index (χ2v) is 8.29. The van der Waals surface area contributed by atoms with E-state index in [0.29, 0.717) is 31.6 Å². The highest BCUT2D eigenvalue weighted by Crippen LogP contribution is 2.26. The average molecular weight is 342 g/mol. The number of hydrogen-bond acceptors (Lipinski definition) is 4. The molecule has 0 saturated carbocycles. The van der Waals surface area contributed by atoms with Gasteiger partial charge in [0.1, 0.15) is 0 Å². The number of likely N-dealkylation sites (tertiary alicyclic amines) is 1. The van der Waals surface area contributed by atoms with E-state index in [1.165, 1.54) is 7.11 Å². The standard InChI is InChI=1S/C16H23FN2O3S/c1-22-15-7-2-5-13(16(15)17)11-18-8-3-6-14(12-18)19-9-4-10-23(19,20)21/h2,5,7,14H,3-4,6,8-12H2,1H3. The number of piperidine rings is 1. The maximum Gasteiger partial charge on any atom is 0.214 e. The second kappa shape index (κ2) is 6.75. The van der Waals surface area contributed by atoms with Gasteiger partial charge in [0.15, 0.2) is 11.6 Å². The fourth-order valence-electron chi connectivity index (χ4n) is 3.56. The third-order valence-corrected chi connectivity index (χ3v) is 6.68. The zero-order chi connectivity index (χ0) is 16.4. The van der Waals surface area contributed by atoms with Crippen LogP contribution in [0.2, 0.25) is 0 Å². The highest BCUT2D eigenvalue weighted by atomic mass is 32.2. The van der Waals surface area contributed by atoms with Crippen molar-refractivity contribution in [3.8, 4) is 5.75 Å². The van der Waals surface area contributed by atoms with Crippen molar-refractivity contribution < 1.29 is 17.5 Å². The molecule has 7 heteroatoms. The van der Waals surface area contributed by atoms with Crippen molar-refractivity contribution >= 4 is 10.0 Å². The molecule has 0 amide bonds. The molecule has 0 N–H and O–H groups in total. The number of methoxy groups -OCH3 is 1. The Balaban J connectivity index is 1.70. The van der Waals surface area contributed by atoms with Gasteiger partial charge in [-0.1, -0.05) is 12.1 Å². The van der Waals surface area contributed by atoms with Crippen molar-refractivity contribution in [2.45, 2.75) is 31.8 Å². The van der Waals surface area contributed by atoms with Crippen molar-refractivity contribution in [3.05, 3.63) is 29.6 Å². The Morgan fingerprint density at radius 1 is 1.30 bits per heavy atom. The molecule has 3 rings (SSSR count). The number of rotatable bonds is 4. The molecule has 0 radical (unpaired) electrons. The fraction of sp³-hybridized carbons (Fsp3) is 0.625. The Morgan fingerprint density at radius 3 is 2.83 bits per heavy atom. The lowest BCUT2D eigenvalue weighted by Gasteiger charge is -2.36. The van der Waals surface area contributed by atoms with Crippen LogP contribution in [0.5, 0.6) is 5.75 Å². The smallest absolute Gasteiger partial charge is 0.214 e. The normalized spacial score (nSPS) is 25.6. The predicted molar refractivity (Wildman–Crippen MR) is 86.4 cm³/mol. The maximum atomic E-state index is 14.3. The maximum absolute atomic E-state index is 14.3. The molecule has 0 bridgehead atoms. The van der Waals surface area contributed by atoms with E-state index in [1.54, 1.807) is 22.5 Å². The number of hydrogen-bond donors (Lipinski definition) is 0. The molecule has 0 aliphatic carbocycles. The first-order chi connectivity index (χ1) is 11.0. The molecule has 2 aliphatic heterocycles. The summed E-state index contributed by atoms with van der Waals surface area (Å²) in [5, 5.41) is 0. The summed E-state index contributed by atoms with van der Waals surface area (Å²) in [6.07, 6.45) is 2.53. The minimum absolute atomic E-state index is 0.0184. The van der Waals surface area contributed by atoms with Crippen LogP contribution in [0.4, 0.5) is 4.39 Å². The zero-order valence-electron chi connectivity index (χ0n) is 13.4. The van der Waals surface area contributed by atoms with Crippen LogP contribution in [0, 0.1) is 5.82 Å². The van der Waals surface area contributed by atoms with Crippen LogP contribution in [0.1, 0.15) is 24.8 Å². The quantitative estimate of drug-likeness (QED) is 0.838. The van der Waals surface area contributed by atoms with Gasteiger partial charge in [-0.25, -0.2) is 12.8 Å². The van der Waals surface area contributed by atoms with E-state index in [-0.39, 0.29) is 23.4 Å². The van der Waals surface area contributed by atoms with Crippen molar-refractivity contribution in [2.75, 3.05) is 32.5 Å². The first-order valence-corrected chi connectivity index (χ1v) is 9.65. The molecule has 23 heavy (non-hydrogen) atoms. The molecule has 1 atom stereocenters. The van der Waals surface area contributed by atoms with Crippen LogP contribution in [-0.2, 0) is 16.6 Å². The molecule has 2 heterocycles. The first kappa shape index (κ1) is 16.7. The molecule has 0 spiro atoms. The highest BCUT2D eigenvalue weighted by Gasteiger charge is 2.36. The van der Waals surface area contributed by atoms with Gasteiger partial charge in [0.2, 0.25) is 10.0 Å². The van der Waals surface area contributed by atoms with Gasteiger partial charge in [-0.05, 0) is 31.9 Å². The third-order valence-electron chi connectivity index (χ3n) is 4.68. The molecule has 2 aliphatic rings. The number of ether oxygens (including phenoxy) is 1. The first-order valence-electron chi connectivity index (χ1n) is 8.04. The summed E-state index contributed by atoms with van der Waals surface area (Å²) >= 11 is 0. The van der Waals surface area contributed by atoms with E-state index in [1.807, 2.05) is 0 Å². The highest BCUT2D eigenvalue weighted by molar-refractivity contribution is 7.89. The molecular formula is C16H23FN2O3S. The lowest BCUT2D eigenvalue weighted by molar-refractivity contribution is 0.145. The molecule has 1 aromatic rings. The van der Waals surface area contributed by atoms with Crippen LogP contribution < -0.4 is 4.74 Å². The van der Waals surface area contributed by atoms with Crippen molar-refractivity contribution in [2.24, 2.45) is 0 Å². The van der Waals surface area contributed by atoms with Crippen molar-refractivity contribution in [3.63, 3.8) is 0 Å². The third kappa shape index (κ3) is 3.51. The van der Waals surface area contributed by atoms with Gasteiger partial charge in [0.05, 0.1) is 12.9 Å². The van der Waals surface area contributed by atoms with Gasteiger partial charge in [-0.15, -0.1) is 0 Å². The van der Waals surface area contributed by atoms with Gasteiger partial charge in [0.25, 0.3) is 0 Å². The number of halogens is 1. The molecule has 2 fully saturated rings. The fourth-order valence-corrected chi connectivity index (χ4v) is 5.32. The van der Waals surface area contributed by atoms with E-state index in [0.717, 1.165) is 19.4 Å². The number of nitrogens with zero attached hydrogens (tertiary/aromatic N) is 2.